The summed E-state index contributed by atoms with van der Waals surface area (Å²) in [7, 11) is -1.99. The minimum atomic E-state index is -3.27. The van der Waals surface area contributed by atoms with Crippen molar-refractivity contribution in [3.05, 3.63) is 35.9 Å². The van der Waals surface area contributed by atoms with E-state index >= 15 is 0 Å². The standard InChI is InChI=1S/C14H20O4S/c1-11(2)19(16,17)10-13(14(15)18-3)9-12-7-5-4-6-8-12/h4-8,11,13H,9-10H2,1-3H3. The number of sulfone groups is 1. The number of rotatable bonds is 6. The second-order valence-electron chi connectivity index (χ2n) is 4.79. The normalized spacial score (nSPS) is 13.3. The molecule has 0 amide bonds. The van der Waals surface area contributed by atoms with Crippen LogP contribution in [-0.2, 0) is 25.8 Å². The van der Waals surface area contributed by atoms with E-state index in [0.29, 0.717) is 6.42 Å². The number of hydrogen-bond acceptors (Lipinski definition) is 4. The van der Waals surface area contributed by atoms with Gasteiger partial charge < -0.3 is 4.74 Å². The molecule has 1 aromatic carbocycles. The van der Waals surface area contributed by atoms with Gasteiger partial charge >= 0.3 is 5.97 Å². The van der Waals surface area contributed by atoms with Crippen molar-refractivity contribution < 1.29 is 17.9 Å². The van der Waals surface area contributed by atoms with E-state index in [1.807, 2.05) is 30.3 Å². The van der Waals surface area contributed by atoms with Crippen molar-refractivity contribution in [2.24, 2.45) is 5.92 Å². The van der Waals surface area contributed by atoms with Gasteiger partial charge in [-0.3, -0.25) is 4.79 Å². The Balaban J connectivity index is 2.88. The smallest absolute Gasteiger partial charge is 0.310 e. The number of esters is 1. The van der Waals surface area contributed by atoms with Gasteiger partial charge in [0.25, 0.3) is 0 Å². The SMILES string of the molecule is COC(=O)C(Cc1ccccc1)CS(=O)(=O)C(C)C. The number of carbonyl (C=O) groups is 1. The third kappa shape index (κ3) is 4.67. The van der Waals surface area contributed by atoms with E-state index in [1.54, 1.807) is 13.8 Å². The molecule has 106 valence electrons. The van der Waals surface area contributed by atoms with Crippen molar-refractivity contribution in [3.63, 3.8) is 0 Å². The highest BCUT2D eigenvalue weighted by Crippen LogP contribution is 2.15. The number of hydrogen-bond donors (Lipinski definition) is 0. The van der Waals surface area contributed by atoms with Crippen LogP contribution in [-0.4, -0.2) is 32.5 Å². The fourth-order valence-electron chi connectivity index (χ4n) is 1.75. The molecule has 0 aliphatic carbocycles. The van der Waals surface area contributed by atoms with Crippen LogP contribution in [0.2, 0.25) is 0 Å². The monoisotopic (exact) mass is 284 g/mol. The predicted molar refractivity (Wildman–Crippen MR) is 74.6 cm³/mol. The van der Waals surface area contributed by atoms with E-state index in [0.717, 1.165) is 5.56 Å². The third-order valence-corrected chi connectivity index (χ3v) is 5.31. The highest BCUT2D eigenvalue weighted by atomic mass is 32.2. The highest BCUT2D eigenvalue weighted by molar-refractivity contribution is 7.92. The molecule has 1 unspecified atom stereocenters. The van der Waals surface area contributed by atoms with Crippen molar-refractivity contribution in [1.29, 1.82) is 0 Å². The Hall–Kier alpha value is -1.36. The van der Waals surface area contributed by atoms with Crippen LogP contribution in [0, 0.1) is 5.92 Å². The number of benzene rings is 1. The van der Waals surface area contributed by atoms with Gasteiger partial charge in [0.15, 0.2) is 9.84 Å². The summed E-state index contributed by atoms with van der Waals surface area (Å²) in [5.41, 5.74) is 0.928. The minimum absolute atomic E-state index is 0.174. The lowest BCUT2D eigenvalue weighted by atomic mass is 10.0. The molecular formula is C14H20O4S. The summed E-state index contributed by atoms with van der Waals surface area (Å²) in [6, 6.07) is 9.35. The lowest BCUT2D eigenvalue weighted by Gasteiger charge is -2.16. The first-order chi connectivity index (χ1) is 8.86. The second-order valence-corrected chi connectivity index (χ2v) is 7.39. The van der Waals surface area contributed by atoms with Gasteiger partial charge in [-0.2, -0.15) is 0 Å². The summed E-state index contributed by atoms with van der Waals surface area (Å²) in [5.74, 6) is -1.31. The lowest BCUT2D eigenvalue weighted by Crippen LogP contribution is -2.30. The molecule has 0 saturated heterocycles. The van der Waals surface area contributed by atoms with Gasteiger partial charge in [0, 0.05) is 0 Å². The van der Waals surface area contributed by atoms with Crippen LogP contribution in [0.5, 0.6) is 0 Å². The van der Waals surface area contributed by atoms with Crippen molar-refractivity contribution in [2.45, 2.75) is 25.5 Å². The van der Waals surface area contributed by atoms with Gasteiger partial charge in [0.05, 0.1) is 24.0 Å². The Morgan fingerprint density at radius 3 is 2.26 bits per heavy atom. The predicted octanol–water partition coefficient (Wildman–Crippen LogP) is 1.84. The Morgan fingerprint density at radius 2 is 1.79 bits per heavy atom. The zero-order valence-corrected chi connectivity index (χ0v) is 12.3. The highest BCUT2D eigenvalue weighted by Gasteiger charge is 2.28. The summed E-state index contributed by atoms with van der Waals surface area (Å²) in [6.45, 7) is 3.23. The largest absolute Gasteiger partial charge is 0.469 e. The van der Waals surface area contributed by atoms with Crippen molar-refractivity contribution in [2.75, 3.05) is 12.9 Å². The van der Waals surface area contributed by atoms with Crippen LogP contribution in [0.25, 0.3) is 0 Å². The van der Waals surface area contributed by atoms with E-state index in [9.17, 15) is 13.2 Å². The number of methoxy groups -OCH3 is 1. The lowest BCUT2D eigenvalue weighted by molar-refractivity contribution is -0.144. The molecule has 19 heavy (non-hydrogen) atoms. The maximum absolute atomic E-state index is 11.9. The minimum Gasteiger partial charge on any atom is -0.469 e. The molecule has 0 N–H and O–H groups in total. The van der Waals surface area contributed by atoms with E-state index in [-0.39, 0.29) is 5.75 Å². The van der Waals surface area contributed by atoms with Crippen LogP contribution in [0.1, 0.15) is 19.4 Å². The van der Waals surface area contributed by atoms with E-state index < -0.39 is 27.0 Å². The summed E-state index contributed by atoms with van der Waals surface area (Å²) in [5, 5.41) is -0.490. The average molecular weight is 284 g/mol. The van der Waals surface area contributed by atoms with E-state index in [2.05, 4.69) is 0 Å². The first kappa shape index (κ1) is 15.7. The van der Waals surface area contributed by atoms with Crippen molar-refractivity contribution in [1.82, 2.24) is 0 Å². The molecule has 0 spiro atoms. The molecule has 0 aliphatic rings. The molecule has 4 nitrogen and oxygen atoms in total. The van der Waals surface area contributed by atoms with Crippen molar-refractivity contribution >= 4 is 15.8 Å². The number of ether oxygens (including phenoxy) is 1. The van der Waals surface area contributed by atoms with Gasteiger partial charge in [-0.15, -0.1) is 0 Å². The summed E-state index contributed by atoms with van der Waals surface area (Å²) >= 11 is 0. The Labute approximate surface area is 114 Å². The molecule has 0 heterocycles. The topological polar surface area (TPSA) is 60.4 Å². The molecule has 0 aliphatic heterocycles. The molecule has 0 saturated carbocycles. The molecule has 1 atom stereocenters. The van der Waals surface area contributed by atoms with Gasteiger partial charge in [-0.1, -0.05) is 30.3 Å². The van der Waals surface area contributed by atoms with Crippen LogP contribution in [0.15, 0.2) is 30.3 Å². The zero-order chi connectivity index (χ0) is 14.5. The fourth-order valence-corrected chi connectivity index (χ4v) is 2.95. The van der Waals surface area contributed by atoms with Crippen LogP contribution < -0.4 is 0 Å². The van der Waals surface area contributed by atoms with Gasteiger partial charge in [-0.05, 0) is 25.8 Å². The summed E-state index contributed by atoms with van der Waals surface area (Å²) in [4.78, 5) is 11.7. The maximum atomic E-state index is 11.9. The van der Waals surface area contributed by atoms with E-state index in [1.165, 1.54) is 7.11 Å². The van der Waals surface area contributed by atoms with Crippen molar-refractivity contribution in [3.8, 4) is 0 Å². The molecule has 0 bridgehead atoms. The van der Waals surface area contributed by atoms with Gasteiger partial charge in [-0.25, -0.2) is 8.42 Å². The fraction of sp³-hybridized carbons (Fsp3) is 0.500. The number of carbonyl (C=O) groups excluding carboxylic acids is 1. The van der Waals surface area contributed by atoms with Gasteiger partial charge in [0.1, 0.15) is 0 Å². The average Bonchev–Trinajstić information content (AvgIpc) is 2.37. The first-order valence-corrected chi connectivity index (χ1v) is 7.91. The first-order valence-electron chi connectivity index (χ1n) is 6.20. The molecule has 0 aromatic heterocycles. The Morgan fingerprint density at radius 1 is 1.21 bits per heavy atom. The van der Waals surface area contributed by atoms with E-state index in [4.69, 9.17) is 4.74 Å². The Bertz CT molecular complexity index is 506. The molecule has 1 aromatic rings. The maximum Gasteiger partial charge on any atom is 0.310 e. The van der Waals surface area contributed by atoms with Crippen LogP contribution >= 0.6 is 0 Å². The molecule has 5 heteroatoms. The van der Waals surface area contributed by atoms with Crippen LogP contribution in [0.4, 0.5) is 0 Å². The second kappa shape index (κ2) is 6.70. The third-order valence-electron chi connectivity index (χ3n) is 3.01. The molecule has 0 fully saturated rings. The summed E-state index contributed by atoms with van der Waals surface area (Å²) in [6.07, 6.45) is 0.374. The molecule has 0 radical (unpaired) electrons. The van der Waals surface area contributed by atoms with Gasteiger partial charge in [0.2, 0.25) is 0 Å². The summed E-state index contributed by atoms with van der Waals surface area (Å²) < 4.78 is 28.6. The molecular weight excluding hydrogens is 264 g/mol. The Kier molecular flexibility index (Phi) is 5.54. The molecule has 1 rings (SSSR count). The zero-order valence-electron chi connectivity index (χ0n) is 11.5. The quantitative estimate of drug-likeness (QED) is 0.748. The van der Waals surface area contributed by atoms with Crippen LogP contribution in [0.3, 0.4) is 0 Å².